The van der Waals surface area contributed by atoms with Crippen molar-refractivity contribution >= 4 is 23.4 Å². The smallest absolute Gasteiger partial charge is 0.237 e. The first-order valence-corrected chi connectivity index (χ1v) is 9.70. The Morgan fingerprint density at radius 2 is 2.08 bits per heavy atom. The second kappa shape index (κ2) is 8.06. The third-order valence-corrected chi connectivity index (χ3v) is 5.23. The molecule has 0 amide bonds. The molecule has 2 heterocycles. The number of nitrogens with zero attached hydrogens (tertiary/aromatic N) is 4. The maximum Gasteiger partial charge on any atom is 0.237 e. The molecule has 25 heavy (non-hydrogen) atoms. The van der Waals surface area contributed by atoms with E-state index < -0.39 is 0 Å². The number of hydrogen-bond donors (Lipinski definition) is 0. The van der Waals surface area contributed by atoms with E-state index in [4.69, 9.17) is 16.1 Å². The molecule has 0 saturated carbocycles. The molecule has 2 aromatic heterocycles. The van der Waals surface area contributed by atoms with Crippen LogP contribution in [0.4, 0.5) is 0 Å². The molecule has 5 nitrogen and oxygen atoms in total. The zero-order chi connectivity index (χ0) is 17.8. The van der Waals surface area contributed by atoms with Crippen LogP contribution in [0.15, 0.2) is 33.9 Å². The van der Waals surface area contributed by atoms with Gasteiger partial charge in [-0.1, -0.05) is 54.0 Å². The van der Waals surface area contributed by atoms with Gasteiger partial charge in [-0.2, -0.15) is 4.98 Å². The Kier molecular flexibility index (Phi) is 5.81. The normalized spacial score (nSPS) is 11.2. The van der Waals surface area contributed by atoms with E-state index in [0.717, 1.165) is 35.8 Å². The number of aromatic nitrogens is 4. The number of unbranched alkanes of at least 4 members (excludes halogenated alkanes) is 1. The van der Waals surface area contributed by atoms with Crippen LogP contribution in [-0.4, -0.2) is 19.7 Å². The summed E-state index contributed by atoms with van der Waals surface area (Å²) >= 11 is 7.64. The molecule has 3 rings (SSSR count). The summed E-state index contributed by atoms with van der Waals surface area (Å²) in [5.41, 5.74) is 3.15. The van der Waals surface area contributed by atoms with Crippen LogP contribution in [0.3, 0.4) is 0 Å². The van der Waals surface area contributed by atoms with Crippen LogP contribution < -0.4 is 0 Å². The Hall–Kier alpha value is -1.79. The minimum absolute atomic E-state index is 0.555. The number of hydrogen-bond acceptors (Lipinski definition) is 5. The predicted octanol–water partition coefficient (Wildman–Crippen LogP) is 5.30. The number of benzene rings is 1. The molecule has 3 aromatic rings. The van der Waals surface area contributed by atoms with Crippen molar-refractivity contribution in [3.8, 4) is 11.4 Å². The Morgan fingerprint density at radius 3 is 2.84 bits per heavy atom. The molecular weight excluding hydrogens is 356 g/mol. The fraction of sp³-hybridized carbons (Fsp3) is 0.389. The molecular formula is C18H21ClN4OS. The van der Waals surface area contributed by atoms with Crippen molar-refractivity contribution in [2.45, 2.75) is 51.1 Å². The second-order valence-corrected chi connectivity index (χ2v) is 7.26. The number of imidazole rings is 1. The van der Waals surface area contributed by atoms with Crippen molar-refractivity contribution in [3.63, 3.8) is 0 Å². The van der Waals surface area contributed by atoms with Gasteiger partial charge in [0.2, 0.25) is 11.7 Å². The van der Waals surface area contributed by atoms with Crippen LogP contribution in [-0.2, 0) is 12.3 Å². The van der Waals surface area contributed by atoms with Crippen LogP contribution in [0.2, 0.25) is 5.02 Å². The number of rotatable bonds is 7. The Bertz CT molecular complexity index is 859. The third-order valence-electron chi connectivity index (χ3n) is 4.03. The molecule has 0 fully saturated rings. The second-order valence-electron chi connectivity index (χ2n) is 5.88. The molecule has 0 atom stereocenters. The van der Waals surface area contributed by atoms with Crippen LogP contribution in [0.1, 0.15) is 37.0 Å². The van der Waals surface area contributed by atoms with E-state index in [1.807, 2.05) is 31.2 Å². The fourth-order valence-electron chi connectivity index (χ4n) is 2.50. The molecule has 0 unspecified atom stereocenters. The highest BCUT2D eigenvalue weighted by Gasteiger charge is 2.14. The fourth-order valence-corrected chi connectivity index (χ4v) is 3.64. The van der Waals surface area contributed by atoms with Crippen LogP contribution in [0.25, 0.3) is 11.4 Å². The molecule has 0 N–H and O–H groups in total. The zero-order valence-corrected chi connectivity index (χ0v) is 16.2. The van der Waals surface area contributed by atoms with E-state index in [1.54, 1.807) is 11.8 Å². The lowest BCUT2D eigenvalue weighted by Gasteiger charge is -2.08. The van der Waals surface area contributed by atoms with Gasteiger partial charge in [-0.15, -0.1) is 0 Å². The molecule has 0 spiro atoms. The molecule has 1 aromatic carbocycles. The van der Waals surface area contributed by atoms with E-state index in [2.05, 4.69) is 33.5 Å². The van der Waals surface area contributed by atoms with Gasteiger partial charge in [-0.05, 0) is 32.4 Å². The third kappa shape index (κ3) is 4.25. The summed E-state index contributed by atoms with van der Waals surface area (Å²) in [6.45, 7) is 7.35. The van der Waals surface area contributed by atoms with Gasteiger partial charge >= 0.3 is 0 Å². The lowest BCUT2D eigenvalue weighted by molar-refractivity contribution is 0.391. The van der Waals surface area contributed by atoms with Crippen molar-refractivity contribution < 1.29 is 4.52 Å². The van der Waals surface area contributed by atoms with E-state index in [1.165, 1.54) is 5.69 Å². The monoisotopic (exact) mass is 376 g/mol. The van der Waals surface area contributed by atoms with Crippen molar-refractivity contribution in [2.75, 3.05) is 0 Å². The van der Waals surface area contributed by atoms with Crippen LogP contribution >= 0.6 is 23.4 Å². The summed E-state index contributed by atoms with van der Waals surface area (Å²) < 4.78 is 7.65. The van der Waals surface area contributed by atoms with Crippen molar-refractivity contribution in [1.82, 2.24) is 19.7 Å². The van der Waals surface area contributed by atoms with Crippen molar-refractivity contribution in [2.24, 2.45) is 0 Å². The van der Waals surface area contributed by atoms with Crippen LogP contribution in [0.5, 0.6) is 0 Å². The molecule has 0 saturated heterocycles. The summed E-state index contributed by atoms with van der Waals surface area (Å²) in [7, 11) is 0. The first-order valence-electron chi connectivity index (χ1n) is 8.33. The molecule has 7 heteroatoms. The van der Waals surface area contributed by atoms with E-state index in [-0.39, 0.29) is 0 Å². The predicted molar refractivity (Wildman–Crippen MR) is 101 cm³/mol. The van der Waals surface area contributed by atoms with Gasteiger partial charge in [0.15, 0.2) is 5.16 Å². The van der Waals surface area contributed by atoms with Gasteiger partial charge < -0.3 is 9.09 Å². The summed E-state index contributed by atoms with van der Waals surface area (Å²) in [5, 5.41) is 5.71. The lowest BCUT2D eigenvalue weighted by atomic mass is 10.2. The van der Waals surface area contributed by atoms with Gasteiger partial charge in [0.25, 0.3) is 0 Å². The summed E-state index contributed by atoms with van der Waals surface area (Å²) in [5.74, 6) is 1.73. The first-order chi connectivity index (χ1) is 12.1. The average molecular weight is 377 g/mol. The molecule has 0 aliphatic rings. The summed E-state index contributed by atoms with van der Waals surface area (Å²) in [4.78, 5) is 9.14. The topological polar surface area (TPSA) is 56.7 Å². The maximum absolute atomic E-state index is 6.02. The van der Waals surface area contributed by atoms with E-state index in [0.29, 0.717) is 22.5 Å². The van der Waals surface area contributed by atoms with Gasteiger partial charge in [0, 0.05) is 22.8 Å². The first kappa shape index (κ1) is 18.0. The largest absolute Gasteiger partial charge is 0.338 e. The number of thioether (sulfide) groups is 1. The minimum atomic E-state index is 0.555. The van der Waals surface area contributed by atoms with Gasteiger partial charge in [-0.25, -0.2) is 4.98 Å². The van der Waals surface area contributed by atoms with E-state index >= 15 is 0 Å². The standard InChI is InChI=1S/C18H21ClN4OS/c1-4-5-9-23-13(3)12(2)20-18(23)25-11-16-21-17(22-24-16)14-7-6-8-15(19)10-14/h6-8,10H,4-5,9,11H2,1-3H3. The van der Waals surface area contributed by atoms with E-state index in [9.17, 15) is 0 Å². The number of aryl methyl sites for hydroxylation is 1. The quantitative estimate of drug-likeness (QED) is 0.524. The highest BCUT2D eigenvalue weighted by Crippen LogP contribution is 2.26. The average Bonchev–Trinajstić information content (AvgIpc) is 3.17. The molecule has 0 aliphatic carbocycles. The molecule has 0 bridgehead atoms. The Balaban J connectivity index is 1.71. The summed E-state index contributed by atoms with van der Waals surface area (Å²) in [6, 6.07) is 7.44. The maximum atomic E-state index is 6.02. The zero-order valence-electron chi connectivity index (χ0n) is 14.6. The Labute approximate surface area is 156 Å². The highest BCUT2D eigenvalue weighted by atomic mass is 35.5. The van der Waals surface area contributed by atoms with Crippen molar-refractivity contribution in [1.29, 1.82) is 0 Å². The summed E-state index contributed by atoms with van der Waals surface area (Å²) in [6.07, 6.45) is 2.30. The SMILES string of the molecule is CCCCn1c(SCc2nc(-c3cccc(Cl)c3)no2)nc(C)c1C. The Morgan fingerprint density at radius 1 is 1.24 bits per heavy atom. The van der Waals surface area contributed by atoms with Crippen molar-refractivity contribution in [3.05, 3.63) is 46.6 Å². The van der Waals surface area contributed by atoms with Gasteiger partial charge in [0.1, 0.15) is 0 Å². The number of halogens is 1. The van der Waals surface area contributed by atoms with Gasteiger partial charge in [-0.3, -0.25) is 0 Å². The van der Waals surface area contributed by atoms with Gasteiger partial charge in [0.05, 0.1) is 11.4 Å². The molecule has 132 valence electrons. The molecule has 0 radical (unpaired) electrons. The minimum Gasteiger partial charge on any atom is -0.338 e. The highest BCUT2D eigenvalue weighted by molar-refractivity contribution is 7.98. The lowest BCUT2D eigenvalue weighted by Crippen LogP contribution is -2.02. The molecule has 0 aliphatic heterocycles. The van der Waals surface area contributed by atoms with Crippen LogP contribution in [0, 0.1) is 13.8 Å².